The summed E-state index contributed by atoms with van der Waals surface area (Å²) in [5.41, 5.74) is 0. The van der Waals surface area contributed by atoms with Gasteiger partial charge in [-0.15, -0.1) is 10.2 Å². The molecule has 1 aromatic heterocycles. The summed E-state index contributed by atoms with van der Waals surface area (Å²) in [6, 6.07) is 8.39. The van der Waals surface area contributed by atoms with E-state index in [2.05, 4.69) is 32.4 Å². The summed E-state index contributed by atoms with van der Waals surface area (Å²) in [7, 11) is 2.10. The highest BCUT2D eigenvalue weighted by Crippen LogP contribution is 2.27. The number of anilines is 2. The van der Waals surface area contributed by atoms with E-state index in [0.717, 1.165) is 32.0 Å². The van der Waals surface area contributed by atoms with Crippen LogP contribution in [0.5, 0.6) is 5.75 Å². The van der Waals surface area contributed by atoms with Crippen LogP contribution in [0.25, 0.3) is 0 Å². The quantitative estimate of drug-likeness (QED) is 0.838. The summed E-state index contributed by atoms with van der Waals surface area (Å²) in [6.45, 7) is 3.61. The largest absolute Gasteiger partial charge is 0.482 e. The number of hydrogen-bond donors (Lipinski definition) is 1. The fraction of sp³-hybridized carbons (Fsp3) is 0.353. The van der Waals surface area contributed by atoms with Gasteiger partial charge in [-0.3, -0.25) is 4.79 Å². The molecule has 7 nitrogen and oxygen atoms in total. The number of aromatic nitrogens is 2. The molecule has 138 valence electrons. The Morgan fingerprint density at radius 3 is 2.58 bits per heavy atom. The van der Waals surface area contributed by atoms with Gasteiger partial charge in [0.05, 0.1) is 5.02 Å². The van der Waals surface area contributed by atoms with Crippen LogP contribution in [-0.2, 0) is 4.79 Å². The molecule has 0 atom stereocenters. The van der Waals surface area contributed by atoms with Crippen molar-refractivity contribution in [2.24, 2.45) is 0 Å². The van der Waals surface area contributed by atoms with E-state index in [1.54, 1.807) is 24.3 Å². The molecule has 0 spiro atoms. The number of carbonyl (C=O) groups is 1. The van der Waals surface area contributed by atoms with Crippen LogP contribution < -0.4 is 15.0 Å². The lowest BCUT2D eigenvalue weighted by atomic mass is 10.3. The summed E-state index contributed by atoms with van der Waals surface area (Å²) in [5.74, 6) is 1.22. The Labute approximate surface area is 161 Å². The van der Waals surface area contributed by atoms with Crippen molar-refractivity contribution in [2.45, 2.75) is 0 Å². The van der Waals surface area contributed by atoms with Crippen LogP contribution in [0, 0.1) is 0 Å². The first-order chi connectivity index (χ1) is 12.5. The number of benzene rings is 1. The van der Waals surface area contributed by atoms with E-state index in [-0.39, 0.29) is 12.5 Å². The normalized spacial score (nSPS) is 15.0. The first-order valence-corrected chi connectivity index (χ1v) is 8.92. The van der Waals surface area contributed by atoms with E-state index in [9.17, 15) is 4.79 Å². The van der Waals surface area contributed by atoms with Gasteiger partial charge in [-0.2, -0.15) is 0 Å². The van der Waals surface area contributed by atoms with Crippen molar-refractivity contribution in [1.29, 1.82) is 0 Å². The molecule has 1 aromatic carbocycles. The fourth-order valence-electron chi connectivity index (χ4n) is 2.51. The van der Waals surface area contributed by atoms with Gasteiger partial charge in [0, 0.05) is 31.2 Å². The number of rotatable bonds is 5. The molecule has 0 aliphatic carbocycles. The van der Waals surface area contributed by atoms with Crippen molar-refractivity contribution < 1.29 is 9.53 Å². The predicted molar refractivity (Wildman–Crippen MR) is 102 cm³/mol. The van der Waals surface area contributed by atoms with Gasteiger partial charge in [-0.25, -0.2) is 0 Å². The fourth-order valence-corrected chi connectivity index (χ4v) is 2.97. The second-order valence-electron chi connectivity index (χ2n) is 5.98. The minimum atomic E-state index is -0.349. The van der Waals surface area contributed by atoms with Crippen LogP contribution in [0.1, 0.15) is 0 Å². The Bertz CT molecular complexity index is 764. The molecule has 0 bridgehead atoms. The predicted octanol–water partition coefficient (Wildman–Crippen LogP) is 2.55. The summed E-state index contributed by atoms with van der Waals surface area (Å²) >= 11 is 11.8. The lowest BCUT2D eigenvalue weighted by molar-refractivity contribution is -0.118. The van der Waals surface area contributed by atoms with Crippen molar-refractivity contribution in [3.63, 3.8) is 0 Å². The number of nitrogens with one attached hydrogen (secondary N) is 1. The Morgan fingerprint density at radius 2 is 1.92 bits per heavy atom. The number of halogens is 2. The molecule has 0 saturated carbocycles. The van der Waals surface area contributed by atoms with Crippen molar-refractivity contribution in [3.8, 4) is 5.75 Å². The van der Waals surface area contributed by atoms with Gasteiger partial charge in [0.15, 0.2) is 18.2 Å². The highest BCUT2D eigenvalue weighted by molar-refractivity contribution is 6.35. The molecule has 2 aromatic rings. The summed E-state index contributed by atoms with van der Waals surface area (Å²) in [6.07, 6.45) is 0. The number of hydrogen-bond acceptors (Lipinski definition) is 6. The highest BCUT2D eigenvalue weighted by Gasteiger charge is 2.16. The molecule has 9 heteroatoms. The molecule has 3 rings (SSSR count). The molecule has 0 unspecified atom stereocenters. The van der Waals surface area contributed by atoms with Crippen molar-refractivity contribution in [3.05, 3.63) is 40.4 Å². The van der Waals surface area contributed by atoms with E-state index in [4.69, 9.17) is 27.9 Å². The van der Waals surface area contributed by atoms with Gasteiger partial charge >= 0.3 is 0 Å². The third-order valence-electron chi connectivity index (χ3n) is 4.00. The van der Waals surface area contributed by atoms with Crippen LogP contribution in [0.15, 0.2) is 30.3 Å². The number of nitrogens with zero attached hydrogens (tertiary/aromatic N) is 4. The first kappa shape index (κ1) is 18.7. The average molecular weight is 396 g/mol. The minimum Gasteiger partial charge on any atom is -0.482 e. The molecule has 1 aliphatic rings. The van der Waals surface area contributed by atoms with Crippen molar-refractivity contribution >= 4 is 40.7 Å². The molecule has 2 heterocycles. The zero-order valence-electron chi connectivity index (χ0n) is 14.3. The smallest absolute Gasteiger partial charge is 0.263 e. The van der Waals surface area contributed by atoms with E-state index in [1.165, 1.54) is 0 Å². The Morgan fingerprint density at radius 1 is 1.15 bits per heavy atom. The maximum atomic E-state index is 12.0. The summed E-state index contributed by atoms with van der Waals surface area (Å²) in [5, 5.41) is 11.7. The first-order valence-electron chi connectivity index (χ1n) is 8.16. The molecule has 1 amide bonds. The van der Waals surface area contributed by atoms with Crippen LogP contribution in [-0.4, -0.2) is 60.8 Å². The standard InChI is InChI=1S/C17H19Cl2N5O2/c1-23-6-8-24(9-7-23)16-5-4-15(21-22-16)20-17(25)11-26-14-3-2-12(18)10-13(14)19/h2-5,10H,6-9,11H2,1H3,(H,20,21,25). The number of carbonyl (C=O) groups excluding carboxylic acids is 1. The summed E-state index contributed by atoms with van der Waals surface area (Å²) < 4.78 is 5.39. The Hall–Kier alpha value is -2.09. The number of amides is 1. The van der Waals surface area contributed by atoms with E-state index >= 15 is 0 Å². The number of likely N-dealkylation sites (N-methyl/N-ethyl adjacent to an activating group) is 1. The van der Waals surface area contributed by atoms with Gasteiger partial charge in [0.1, 0.15) is 5.75 Å². The van der Waals surface area contributed by atoms with Crippen LogP contribution in [0.2, 0.25) is 10.0 Å². The molecular formula is C17H19Cl2N5O2. The zero-order valence-corrected chi connectivity index (χ0v) is 15.8. The van der Waals surface area contributed by atoms with Crippen molar-refractivity contribution in [2.75, 3.05) is 50.1 Å². The maximum absolute atomic E-state index is 12.0. The topological polar surface area (TPSA) is 70.6 Å². The number of piperazine rings is 1. The van der Waals surface area contributed by atoms with E-state index in [0.29, 0.717) is 21.6 Å². The Kier molecular flexibility index (Phi) is 6.13. The van der Waals surface area contributed by atoms with Gasteiger partial charge < -0.3 is 19.9 Å². The Balaban J connectivity index is 1.51. The maximum Gasteiger partial charge on any atom is 0.263 e. The van der Waals surface area contributed by atoms with Crippen molar-refractivity contribution in [1.82, 2.24) is 15.1 Å². The third-order valence-corrected chi connectivity index (χ3v) is 4.53. The van der Waals surface area contributed by atoms with Gasteiger partial charge in [0.2, 0.25) is 0 Å². The molecule has 1 saturated heterocycles. The van der Waals surface area contributed by atoms with Gasteiger partial charge in [-0.1, -0.05) is 23.2 Å². The van der Waals surface area contributed by atoms with E-state index in [1.807, 2.05) is 6.07 Å². The number of ether oxygens (including phenoxy) is 1. The van der Waals surface area contributed by atoms with Crippen LogP contribution in [0.4, 0.5) is 11.6 Å². The van der Waals surface area contributed by atoms with E-state index < -0.39 is 0 Å². The molecular weight excluding hydrogens is 377 g/mol. The minimum absolute atomic E-state index is 0.191. The second-order valence-corrected chi connectivity index (χ2v) is 6.82. The third kappa shape index (κ3) is 4.97. The van der Waals surface area contributed by atoms with Crippen LogP contribution >= 0.6 is 23.2 Å². The molecule has 1 fully saturated rings. The lowest BCUT2D eigenvalue weighted by Crippen LogP contribution is -2.44. The highest BCUT2D eigenvalue weighted by atomic mass is 35.5. The van der Waals surface area contributed by atoms with Gasteiger partial charge in [-0.05, 0) is 37.4 Å². The summed E-state index contributed by atoms with van der Waals surface area (Å²) in [4.78, 5) is 16.4. The molecule has 1 aliphatic heterocycles. The molecule has 26 heavy (non-hydrogen) atoms. The monoisotopic (exact) mass is 395 g/mol. The molecule has 0 radical (unpaired) electrons. The van der Waals surface area contributed by atoms with Crippen LogP contribution in [0.3, 0.4) is 0 Å². The second kappa shape index (κ2) is 8.53. The van der Waals surface area contributed by atoms with Gasteiger partial charge in [0.25, 0.3) is 5.91 Å². The SMILES string of the molecule is CN1CCN(c2ccc(NC(=O)COc3ccc(Cl)cc3Cl)nn2)CC1. The molecule has 1 N–H and O–H groups in total. The average Bonchev–Trinajstić information content (AvgIpc) is 2.62. The lowest BCUT2D eigenvalue weighted by Gasteiger charge is -2.32. The zero-order chi connectivity index (χ0) is 18.5.